The summed E-state index contributed by atoms with van der Waals surface area (Å²) < 4.78 is 0. The molecule has 0 spiro atoms. The van der Waals surface area contributed by atoms with Crippen molar-refractivity contribution in [3.05, 3.63) is 89.5 Å². The lowest BCUT2D eigenvalue weighted by atomic mass is 9.72. The summed E-state index contributed by atoms with van der Waals surface area (Å²) in [5.74, 6) is -0.885. The van der Waals surface area contributed by atoms with Crippen molar-refractivity contribution < 1.29 is 9.90 Å². The minimum atomic E-state index is -0.885. The molecule has 4 nitrogen and oxygen atoms in total. The van der Waals surface area contributed by atoms with E-state index in [4.69, 9.17) is 0 Å². The molecule has 3 aromatic carbocycles. The first-order valence-corrected chi connectivity index (χ1v) is 9.47. The summed E-state index contributed by atoms with van der Waals surface area (Å²) in [7, 11) is 0. The second-order valence-corrected chi connectivity index (χ2v) is 8.03. The van der Waals surface area contributed by atoms with Gasteiger partial charge in [-0.25, -0.2) is 4.79 Å². The monoisotopic (exact) mass is 372 g/mol. The van der Waals surface area contributed by atoms with Crippen molar-refractivity contribution in [2.75, 3.05) is 10.6 Å². The second kappa shape index (κ2) is 7.04. The highest BCUT2D eigenvalue weighted by molar-refractivity contribution is 5.88. The molecule has 3 N–H and O–H groups in total. The van der Waals surface area contributed by atoms with Crippen molar-refractivity contribution in [2.24, 2.45) is 5.41 Å². The van der Waals surface area contributed by atoms with Crippen LogP contribution in [-0.4, -0.2) is 11.1 Å². The third-order valence-electron chi connectivity index (χ3n) is 5.39. The van der Waals surface area contributed by atoms with Crippen molar-refractivity contribution in [3.8, 4) is 0 Å². The predicted octanol–water partition coefficient (Wildman–Crippen LogP) is 5.86. The summed E-state index contributed by atoms with van der Waals surface area (Å²) in [5, 5.41) is 16.3. The molecule has 0 amide bonds. The second-order valence-electron chi connectivity index (χ2n) is 8.03. The first kappa shape index (κ1) is 18.1. The highest BCUT2D eigenvalue weighted by Gasteiger charge is 2.36. The third-order valence-corrected chi connectivity index (χ3v) is 5.39. The summed E-state index contributed by atoms with van der Waals surface area (Å²) in [5.41, 5.74) is 5.70. The highest BCUT2D eigenvalue weighted by atomic mass is 16.4. The Kier molecular flexibility index (Phi) is 4.55. The van der Waals surface area contributed by atoms with Crippen LogP contribution in [0.4, 0.5) is 17.1 Å². The number of carboxylic acids is 1. The van der Waals surface area contributed by atoms with Gasteiger partial charge in [-0.3, -0.25) is 0 Å². The number of anilines is 3. The van der Waals surface area contributed by atoms with Crippen LogP contribution in [0.15, 0.2) is 72.8 Å². The molecule has 1 unspecified atom stereocenters. The topological polar surface area (TPSA) is 61.4 Å². The SMILES string of the molecule is CC1(C)Cc2cc(C(=O)O)ccc2NC1c1ccc(Nc2ccccc2)cc1. The molecular formula is C24H24N2O2. The maximum absolute atomic E-state index is 11.3. The molecule has 1 atom stereocenters. The molecule has 0 fully saturated rings. The van der Waals surface area contributed by atoms with E-state index in [2.05, 4.69) is 48.7 Å². The highest BCUT2D eigenvalue weighted by Crippen LogP contribution is 2.45. The summed E-state index contributed by atoms with van der Waals surface area (Å²) in [6.07, 6.45) is 0.825. The van der Waals surface area contributed by atoms with Gasteiger partial charge in [-0.15, -0.1) is 0 Å². The zero-order valence-corrected chi connectivity index (χ0v) is 16.1. The summed E-state index contributed by atoms with van der Waals surface area (Å²) in [6, 6.07) is 24.1. The summed E-state index contributed by atoms with van der Waals surface area (Å²) in [4.78, 5) is 11.3. The minimum Gasteiger partial charge on any atom is -0.478 e. The Balaban J connectivity index is 1.57. The largest absolute Gasteiger partial charge is 0.478 e. The summed E-state index contributed by atoms with van der Waals surface area (Å²) in [6.45, 7) is 4.44. The van der Waals surface area contributed by atoms with Gasteiger partial charge in [0.05, 0.1) is 11.6 Å². The third kappa shape index (κ3) is 3.58. The molecule has 0 saturated carbocycles. The van der Waals surface area contributed by atoms with Crippen LogP contribution in [-0.2, 0) is 6.42 Å². The fourth-order valence-electron chi connectivity index (χ4n) is 3.94. The maximum Gasteiger partial charge on any atom is 0.335 e. The van der Waals surface area contributed by atoms with Crippen molar-refractivity contribution in [1.29, 1.82) is 0 Å². The van der Waals surface area contributed by atoms with Gasteiger partial charge < -0.3 is 15.7 Å². The van der Waals surface area contributed by atoms with E-state index in [0.29, 0.717) is 5.56 Å². The first-order valence-electron chi connectivity index (χ1n) is 9.47. The van der Waals surface area contributed by atoms with Crippen LogP contribution in [0.2, 0.25) is 0 Å². The van der Waals surface area contributed by atoms with E-state index in [0.717, 1.165) is 29.0 Å². The van der Waals surface area contributed by atoms with E-state index in [1.807, 2.05) is 36.4 Å². The van der Waals surface area contributed by atoms with Gasteiger partial charge in [-0.1, -0.05) is 44.2 Å². The maximum atomic E-state index is 11.3. The average molecular weight is 372 g/mol. The molecule has 0 saturated heterocycles. The molecule has 0 aliphatic carbocycles. The van der Waals surface area contributed by atoms with E-state index < -0.39 is 5.97 Å². The molecule has 28 heavy (non-hydrogen) atoms. The molecule has 4 rings (SSSR count). The van der Waals surface area contributed by atoms with E-state index in [-0.39, 0.29) is 11.5 Å². The number of fused-ring (bicyclic) bond motifs is 1. The lowest BCUT2D eigenvalue weighted by Crippen LogP contribution is -2.35. The Morgan fingerprint density at radius 2 is 1.68 bits per heavy atom. The van der Waals surface area contributed by atoms with Crippen LogP contribution >= 0.6 is 0 Å². The standard InChI is InChI=1S/C24H24N2O2/c1-24(2)15-18-14-17(23(27)28)10-13-21(18)26-22(24)16-8-11-20(12-9-16)25-19-6-4-3-5-7-19/h3-14,22,25-26H,15H2,1-2H3,(H,27,28). The fourth-order valence-corrected chi connectivity index (χ4v) is 3.94. The van der Waals surface area contributed by atoms with Gasteiger partial charge in [0.2, 0.25) is 0 Å². The Morgan fingerprint density at radius 3 is 2.36 bits per heavy atom. The van der Waals surface area contributed by atoms with Crippen LogP contribution in [0.1, 0.15) is 41.4 Å². The molecule has 1 aliphatic heterocycles. The lowest BCUT2D eigenvalue weighted by Gasteiger charge is -2.41. The van der Waals surface area contributed by atoms with E-state index in [1.54, 1.807) is 12.1 Å². The van der Waals surface area contributed by atoms with Crippen LogP contribution in [0.25, 0.3) is 0 Å². The molecule has 0 radical (unpaired) electrons. The van der Waals surface area contributed by atoms with Crippen molar-refractivity contribution in [2.45, 2.75) is 26.3 Å². The number of hydrogen-bond acceptors (Lipinski definition) is 3. The van der Waals surface area contributed by atoms with Gasteiger partial charge in [0.1, 0.15) is 0 Å². The van der Waals surface area contributed by atoms with Gasteiger partial charge in [0, 0.05) is 17.1 Å². The number of hydrogen-bond donors (Lipinski definition) is 3. The van der Waals surface area contributed by atoms with E-state index >= 15 is 0 Å². The molecular weight excluding hydrogens is 348 g/mol. The minimum absolute atomic E-state index is 0.0432. The number of aromatic carboxylic acids is 1. The smallest absolute Gasteiger partial charge is 0.335 e. The van der Waals surface area contributed by atoms with E-state index in [9.17, 15) is 9.90 Å². The van der Waals surface area contributed by atoms with Gasteiger partial charge in [-0.05, 0) is 65.4 Å². The number of rotatable bonds is 4. The Hall–Kier alpha value is -3.27. The molecule has 142 valence electrons. The number of nitrogens with one attached hydrogen (secondary N) is 2. The predicted molar refractivity (Wildman–Crippen MR) is 113 cm³/mol. The Morgan fingerprint density at radius 1 is 1.00 bits per heavy atom. The quantitative estimate of drug-likeness (QED) is 0.536. The van der Waals surface area contributed by atoms with Crippen molar-refractivity contribution in [1.82, 2.24) is 0 Å². The fraction of sp³-hybridized carbons (Fsp3) is 0.208. The van der Waals surface area contributed by atoms with Crippen LogP contribution < -0.4 is 10.6 Å². The number of para-hydroxylation sites is 1. The first-order chi connectivity index (χ1) is 13.4. The van der Waals surface area contributed by atoms with Gasteiger partial charge in [0.25, 0.3) is 0 Å². The van der Waals surface area contributed by atoms with Crippen LogP contribution in [0.3, 0.4) is 0 Å². The molecule has 4 heteroatoms. The molecule has 0 aromatic heterocycles. The lowest BCUT2D eigenvalue weighted by molar-refractivity contribution is 0.0696. The van der Waals surface area contributed by atoms with E-state index in [1.165, 1.54) is 5.56 Å². The zero-order valence-electron chi connectivity index (χ0n) is 16.1. The molecule has 1 heterocycles. The van der Waals surface area contributed by atoms with Crippen molar-refractivity contribution >= 4 is 23.0 Å². The Bertz CT molecular complexity index is 995. The number of carbonyl (C=O) groups is 1. The zero-order chi connectivity index (χ0) is 19.7. The Labute approximate surface area is 165 Å². The normalized spacial score (nSPS) is 17.3. The van der Waals surface area contributed by atoms with Crippen LogP contribution in [0.5, 0.6) is 0 Å². The number of carboxylic acid groups (broad SMARTS) is 1. The van der Waals surface area contributed by atoms with Gasteiger partial charge in [-0.2, -0.15) is 0 Å². The number of benzene rings is 3. The molecule has 1 aliphatic rings. The summed E-state index contributed by atoms with van der Waals surface area (Å²) >= 11 is 0. The van der Waals surface area contributed by atoms with Crippen LogP contribution in [0, 0.1) is 5.41 Å². The molecule has 3 aromatic rings. The molecule has 0 bridgehead atoms. The van der Waals surface area contributed by atoms with Crippen molar-refractivity contribution in [3.63, 3.8) is 0 Å². The average Bonchev–Trinajstić information content (AvgIpc) is 2.68. The van der Waals surface area contributed by atoms with Gasteiger partial charge in [0.15, 0.2) is 0 Å². The van der Waals surface area contributed by atoms with Gasteiger partial charge >= 0.3 is 5.97 Å².